The Labute approximate surface area is 127 Å². The SMILES string of the molecule is CC(C)n1nnc(NC(=O)NC(C)(C)c2ccccc2F)n1. The minimum absolute atomic E-state index is 0.0426. The fourth-order valence-corrected chi connectivity index (χ4v) is 1.95. The van der Waals surface area contributed by atoms with Crippen molar-refractivity contribution < 1.29 is 9.18 Å². The van der Waals surface area contributed by atoms with Gasteiger partial charge in [0, 0.05) is 5.56 Å². The van der Waals surface area contributed by atoms with Crippen molar-refractivity contribution in [1.82, 2.24) is 25.5 Å². The highest BCUT2D eigenvalue weighted by Crippen LogP contribution is 2.22. The Morgan fingerprint density at radius 3 is 2.59 bits per heavy atom. The van der Waals surface area contributed by atoms with Crippen LogP contribution >= 0.6 is 0 Å². The second-order valence-corrected chi connectivity index (χ2v) is 5.71. The molecule has 8 heteroatoms. The van der Waals surface area contributed by atoms with Crippen molar-refractivity contribution in [1.29, 1.82) is 0 Å². The summed E-state index contributed by atoms with van der Waals surface area (Å²) < 4.78 is 13.8. The van der Waals surface area contributed by atoms with Gasteiger partial charge >= 0.3 is 6.03 Å². The molecule has 2 N–H and O–H groups in total. The van der Waals surface area contributed by atoms with Gasteiger partial charge in [-0.3, -0.25) is 5.32 Å². The number of amides is 2. The highest BCUT2D eigenvalue weighted by molar-refractivity contribution is 5.87. The van der Waals surface area contributed by atoms with E-state index < -0.39 is 11.6 Å². The molecule has 0 atom stereocenters. The smallest absolute Gasteiger partial charge is 0.322 e. The quantitative estimate of drug-likeness (QED) is 0.908. The number of aromatic nitrogens is 4. The molecule has 2 amide bonds. The van der Waals surface area contributed by atoms with Gasteiger partial charge in [0.1, 0.15) is 5.82 Å². The fourth-order valence-electron chi connectivity index (χ4n) is 1.95. The van der Waals surface area contributed by atoms with Crippen LogP contribution in [-0.2, 0) is 5.54 Å². The Morgan fingerprint density at radius 2 is 2.00 bits per heavy atom. The molecule has 2 rings (SSSR count). The van der Waals surface area contributed by atoms with E-state index in [-0.39, 0.29) is 17.8 Å². The molecule has 2 aromatic rings. The predicted molar refractivity (Wildman–Crippen MR) is 79.8 cm³/mol. The predicted octanol–water partition coefficient (Wildman–Crippen LogP) is 2.45. The number of tetrazole rings is 1. The third-order valence-corrected chi connectivity index (χ3v) is 3.09. The average molecular weight is 306 g/mol. The Hall–Kier alpha value is -2.51. The molecular weight excluding hydrogens is 287 g/mol. The summed E-state index contributed by atoms with van der Waals surface area (Å²) in [5, 5.41) is 16.7. The second kappa shape index (κ2) is 6.08. The van der Waals surface area contributed by atoms with E-state index >= 15 is 0 Å². The van der Waals surface area contributed by atoms with E-state index in [1.165, 1.54) is 10.9 Å². The summed E-state index contributed by atoms with van der Waals surface area (Å²) in [6, 6.07) is 5.81. The molecule has 1 aromatic heterocycles. The van der Waals surface area contributed by atoms with Gasteiger partial charge in [0.25, 0.3) is 5.95 Å². The lowest BCUT2D eigenvalue weighted by molar-refractivity contribution is 0.241. The Morgan fingerprint density at radius 1 is 1.32 bits per heavy atom. The maximum atomic E-state index is 13.8. The van der Waals surface area contributed by atoms with Crippen LogP contribution in [0.25, 0.3) is 0 Å². The van der Waals surface area contributed by atoms with Crippen LogP contribution in [-0.4, -0.2) is 26.2 Å². The number of benzene rings is 1. The number of carbonyl (C=O) groups is 1. The lowest BCUT2D eigenvalue weighted by Gasteiger charge is -2.27. The van der Waals surface area contributed by atoms with Gasteiger partial charge in [-0.25, -0.2) is 9.18 Å². The maximum Gasteiger partial charge on any atom is 0.322 e. The van der Waals surface area contributed by atoms with Gasteiger partial charge in [0.15, 0.2) is 0 Å². The van der Waals surface area contributed by atoms with Crippen molar-refractivity contribution in [3.05, 3.63) is 35.6 Å². The Bertz CT molecular complexity index is 667. The molecule has 0 radical (unpaired) electrons. The standard InChI is InChI=1S/C14H19FN6O/c1-9(2)21-19-12(18-20-21)16-13(22)17-14(3,4)10-7-5-6-8-11(10)15/h5-9H,1-4H3,(H2,16,17,19,22). The van der Waals surface area contributed by atoms with Crippen LogP contribution in [0.5, 0.6) is 0 Å². The van der Waals surface area contributed by atoms with Crippen LogP contribution in [0.2, 0.25) is 0 Å². The van der Waals surface area contributed by atoms with Crippen LogP contribution in [0.1, 0.15) is 39.3 Å². The highest BCUT2D eigenvalue weighted by atomic mass is 19.1. The summed E-state index contributed by atoms with van der Waals surface area (Å²) in [5.74, 6) is -0.285. The molecule has 0 fully saturated rings. The van der Waals surface area contributed by atoms with Gasteiger partial charge in [-0.05, 0) is 39.0 Å². The van der Waals surface area contributed by atoms with Crippen molar-refractivity contribution in [2.45, 2.75) is 39.3 Å². The number of urea groups is 1. The number of anilines is 1. The first-order valence-electron chi connectivity index (χ1n) is 6.93. The van der Waals surface area contributed by atoms with Crippen molar-refractivity contribution >= 4 is 12.0 Å². The number of hydrogen-bond acceptors (Lipinski definition) is 4. The first-order valence-corrected chi connectivity index (χ1v) is 6.93. The van der Waals surface area contributed by atoms with Crippen molar-refractivity contribution in [3.8, 4) is 0 Å². The van der Waals surface area contributed by atoms with Crippen LogP contribution in [0.3, 0.4) is 0 Å². The van der Waals surface area contributed by atoms with E-state index in [0.29, 0.717) is 5.56 Å². The molecule has 1 heterocycles. The minimum Gasteiger partial charge on any atom is -0.329 e. The molecule has 0 saturated carbocycles. The number of hydrogen-bond donors (Lipinski definition) is 2. The zero-order valence-electron chi connectivity index (χ0n) is 13.0. The first-order chi connectivity index (χ1) is 10.3. The number of halogens is 1. The third-order valence-electron chi connectivity index (χ3n) is 3.09. The van der Waals surface area contributed by atoms with E-state index in [1.807, 2.05) is 13.8 Å². The molecule has 0 unspecified atom stereocenters. The van der Waals surface area contributed by atoms with Crippen LogP contribution < -0.4 is 10.6 Å². The summed E-state index contributed by atoms with van der Waals surface area (Å²) in [7, 11) is 0. The first kappa shape index (κ1) is 15.9. The number of nitrogens with zero attached hydrogens (tertiary/aromatic N) is 4. The monoisotopic (exact) mass is 306 g/mol. The molecule has 0 aliphatic rings. The minimum atomic E-state index is -0.885. The zero-order chi connectivity index (χ0) is 16.3. The van der Waals surface area contributed by atoms with E-state index in [9.17, 15) is 9.18 Å². The lowest BCUT2D eigenvalue weighted by atomic mass is 9.94. The van der Waals surface area contributed by atoms with Crippen molar-refractivity contribution in [2.75, 3.05) is 5.32 Å². The summed E-state index contributed by atoms with van der Waals surface area (Å²) in [4.78, 5) is 13.4. The van der Waals surface area contributed by atoms with Gasteiger partial charge in [-0.1, -0.05) is 23.3 Å². The summed E-state index contributed by atoms with van der Waals surface area (Å²) in [5.41, 5.74) is -0.493. The fraction of sp³-hybridized carbons (Fsp3) is 0.429. The largest absolute Gasteiger partial charge is 0.329 e. The Kier molecular flexibility index (Phi) is 4.39. The van der Waals surface area contributed by atoms with Gasteiger partial charge < -0.3 is 5.32 Å². The number of nitrogens with one attached hydrogen (secondary N) is 2. The van der Waals surface area contributed by atoms with Crippen LogP contribution in [0.15, 0.2) is 24.3 Å². The maximum absolute atomic E-state index is 13.8. The molecule has 7 nitrogen and oxygen atoms in total. The van der Waals surface area contributed by atoms with Gasteiger partial charge in [-0.2, -0.15) is 4.80 Å². The van der Waals surface area contributed by atoms with E-state index in [0.717, 1.165) is 0 Å². The van der Waals surface area contributed by atoms with Gasteiger partial charge in [0.05, 0.1) is 11.6 Å². The average Bonchev–Trinajstić information content (AvgIpc) is 2.86. The summed E-state index contributed by atoms with van der Waals surface area (Å²) >= 11 is 0. The summed E-state index contributed by atoms with van der Waals surface area (Å²) in [6.07, 6.45) is 0. The molecule has 1 aromatic carbocycles. The molecule has 0 saturated heterocycles. The number of carbonyl (C=O) groups excluding carboxylic acids is 1. The number of rotatable bonds is 4. The van der Waals surface area contributed by atoms with Crippen LogP contribution in [0, 0.1) is 5.82 Å². The van der Waals surface area contributed by atoms with Crippen molar-refractivity contribution in [3.63, 3.8) is 0 Å². The molecule has 0 bridgehead atoms. The highest BCUT2D eigenvalue weighted by Gasteiger charge is 2.26. The molecular formula is C14H19FN6O. The molecule has 118 valence electrons. The lowest BCUT2D eigenvalue weighted by Crippen LogP contribution is -2.44. The summed E-state index contributed by atoms with van der Waals surface area (Å²) in [6.45, 7) is 7.21. The van der Waals surface area contributed by atoms with E-state index in [1.54, 1.807) is 32.0 Å². The second-order valence-electron chi connectivity index (χ2n) is 5.71. The van der Waals surface area contributed by atoms with Gasteiger partial charge in [-0.15, -0.1) is 5.10 Å². The third kappa shape index (κ3) is 3.57. The van der Waals surface area contributed by atoms with E-state index in [4.69, 9.17) is 0 Å². The Balaban J connectivity index is 2.06. The van der Waals surface area contributed by atoms with Crippen molar-refractivity contribution in [2.24, 2.45) is 0 Å². The topological polar surface area (TPSA) is 84.7 Å². The van der Waals surface area contributed by atoms with Crippen LogP contribution in [0.4, 0.5) is 15.1 Å². The van der Waals surface area contributed by atoms with Gasteiger partial charge in [0.2, 0.25) is 0 Å². The molecule has 0 spiro atoms. The normalized spacial score (nSPS) is 11.5. The molecule has 0 aliphatic heterocycles. The van der Waals surface area contributed by atoms with E-state index in [2.05, 4.69) is 26.0 Å². The zero-order valence-corrected chi connectivity index (χ0v) is 13.0. The molecule has 22 heavy (non-hydrogen) atoms. The molecule has 0 aliphatic carbocycles.